The Hall–Kier alpha value is -3.18. The molecule has 2 aromatic rings. The Labute approximate surface area is 196 Å². The minimum absolute atomic E-state index is 0.0397. The summed E-state index contributed by atoms with van der Waals surface area (Å²) in [6.45, 7) is 8.14. The molecule has 174 valence electrons. The molecule has 1 unspecified atom stereocenters. The van der Waals surface area contributed by atoms with Gasteiger partial charge in [0.05, 0.1) is 17.6 Å². The van der Waals surface area contributed by atoms with Crippen molar-refractivity contribution in [3.63, 3.8) is 0 Å². The number of amides is 1. The standard InChI is InChI=1S/C25H33N7O/c1-19-28-23(31-14-12-30(2)13-15-31)16-24(29-19)32-11-3-4-22(18-32)25(33)27-10-9-20-5-7-21(17-26)8-6-20/h5-8,16,22H,3-4,9-15,18H2,1-2H3,(H,27,33). The summed E-state index contributed by atoms with van der Waals surface area (Å²) >= 11 is 0. The third kappa shape index (κ3) is 5.99. The monoisotopic (exact) mass is 447 g/mol. The van der Waals surface area contributed by atoms with E-state index >= 15 is 0 Å². The number of anilines is 2. The first-order valence-electron chi connectivity index (χ1n) is 11.8. The Kier molecular flexibility index (Phi) is 7.40. The van der Waals surface area contributed by atoms with Crippen LogP contribution in [0, 0.1) is 24.2 Å². The summed E-state index contributed by atoms with van der Waals surface area (Å²) in [5.41, 5.74) is 1.77. The van der Waals surface area contributed by atoms with Gasteiger partial charge in [-0.2, -0.15) is 5.26 Å². The molecular weight excluding hydrogens is 414 g/mol. The van der Waals surface area contributed by atoms with Crippen LogP contribution >= 0.6 is 0 Å². The number of aryl methyl sites for hydroxylation is 1. The maximum atomic E-state index is 12.9. The first kappa shape index (κ1) is 23.0. The Balaban J connectivity index is 1.33. The largest absolute Gasteiger partial charge is 0.356 e. The molecule has 0 radical (unpaired) electrons. The van der Waals surface area contributed by atoms with Crippen LogP contribution in [0.5, 0.6) is 0 Å². The molecule has 1 amide bonds. The van der Waals surface area contributed by atoms with Gasteiger partial charge in [0.25, 0.3) is 0 Å². The molecule has 2 fully saturated rings. The van der Waals surface area contributed by atoms with E-state index in [1.807, 2.05) is 31.2 Å². The average Bonchev–Trinajstić information content (AvgIpc) is 2.84. The van der Waals surface area contributed by atoms with Gasteiger partial charge >= 0.3 is 0 Å². The highest BCUT2D eigenvalue weighted by atomic mass is 16.1. The molecule has 2 aliphatic heterocycles. The van der Waals surface area contributed by atoms with Crippen molar-refractivity contribution in [2.75, 3.05) is 62.7 Å². The van der Waals surface area contributed by atoms with Gasteiger partial charge in [-0.05, 0) is 50.9 Å². The number of piperidine rings is 1. The fourth-order valence-corrected chi connectivity index (χ4v) is 4.52. The lowest BCUT2D eigenvalue weighted by molar-refractivity contribution is -0.125. The number of carbonyl (C=O) groups excluding carboxylic acids is 1. The zero-order chi connectivity index (χ0) is 23.2. The van der Waals surface area contributed by atoms with Crippen LogP contribution in [0.2, 0.25) is 0 Å². The maximum Gasteiger partial charge on any atom is 0.224 e. The minimum Gasteiger partial charge on any atom is -0.356 e. The maximum absolute atomic E-state index is 12.9. The van der Waals surface area contributed by atoms with Crippen molar-refractivity contribution in [1.82, 2.24) is 20.2 Å². The second-order valence-electron chi connectivity index (χ2n) is 9.06. The van der Waals surface area contributed by atoms with Gasteiger partial charge in [-0.15, -0.1) is 0 Å². The van der Waals surface area contributed by atoms with E-state index in [4.69, 9.17) is 10.2 Å². The van der Waals surface area contributed by atoms with Gasteiger partial charge < -0.3 is 20.0 Å². The molecule has 0 bridgehead atoms. The third-order valence-electron chi connectivity index (χ3n) is 6.55. The predicted molar refractivity (Wildman–Crippen MR) is 129 cm³/mol. The molecule has 8 nitrogen and oxygen atoms in total. The summed E-state index contributed by atoms with van der Waals surface area (Å²) in [6, 6.07) is 11.7. The highest BCUT2D eigenvalue weighted by Crippen LogP contribution is 2.25. The van der Waals surface area contributed by atoms with Crippen LogP contribution in [0.4, 0.5) is 11.6 Å². The van der Waals surface area contributed by atoms with E-state index in [0.717, 1.165) is 75.0 Å². The van der Waals surface area contributed by atoms with Crippen molar-refractivity contribution >= 4 is 17.5 Å². The van der Waals surface area contributed by atoms with E-state index in [1.165, 1.54) is 0 Å². The molecule has 1 N–H and O–H groups in total. The van der Waals surface area contributed by atoms with Crippen molar-refractivity contribution in [2.24, 2.45) is 5.92 Å². The second-order valence-corrected chi connectivity index (χ2v) is 9.06. The summed E-state index contributed by atoms with van der Waals surface area (Å²) in [5, 5.41) is 12.0. The predicted octanol–water partition coefficient (Wildman–Crippen LogP) is 1.98. The van der Waals surface area contributed by atoms with Crippen LogP contribution in [-0.4, -0.2) is 73.6 Å². The van der Waals surface area contributed by atoms with E-state index in [1.54, 1.807) is 0 Å². The van der Waals surface area contributed by atoms with Crippen molar-refractivity contribution in [3.8, 4) is 6.07 Å². The molecule has 1 atom stereocenters. The van der Waals surface area contributed by atoms with Gasteiger partial charge in [-0.1, -0.05) is 12.1 Å². The lowest BCUT2D eigenvalue weighted by Crippen LogP contribution is -2.45. The van der Waals surface area contributed by atoms with Crippen LogP contribution in [-0.2, 0) is 11.2 Å². The molecule has 4 rings (SSSR count). The van der Waals surface area contributed by atoms with Gasteiger partial charge in [0, 0.05) is 51.9 Å². The number of nitrogens with zero attached hydrogens (tertiary/aromatic N) is 6. The van der Waals surface area contributed by atoms with Gasteiger partial charge in [0.1, 0.15) is 17.5 Å². The number of rotatable bonds is 6. The number of nitriles is 1. The number of hydrogen-bond acceptors (Lipinski definition) is 7. The first-order valence-corrected chi connectivity index (χ1v) is 11.8. The van der Waals surface area contributed by atoms with Crippen LogP contribution in [0.3, 0.4) is 0 Å². The van der Waals surface area contributed by atoms with Crippen molar-refractivity contribution < 1.29 is 4.79 Å². The van der Waals surface area contributed by atoms with Crippen LogP contribution in [0.25, 0.3) is 0 Å². The number of piperazine rings is 1. The molecule has 0 spiro atoms. The van der Waals surface area contributed by atoms with E-state index in [-0.39, 0.29) is 11.8 Å². The summed E-state index contributed by atoms with van der Waals surface area (Å²) in [7, 11) is 2.15. The Bertz CT molecular complexity index is 993. The number of hydrogen-bond donors (Lipinski definition) is 1. The first-order chi connectivity index (χ1) is 16.0. The molecule has 1 aromatic heterocycles. The molecule has 2 aliphatic rings. The minimum atomic E-state index is -0.0397. The van der Waals surface area contributed by atoms with E-state index < -0.39 is 0 Å². The fourth-order valence-electron chi connectivity index (χ4n) is 4.52. The van der Waals surface area contributed by atoms with Crippen LogP contribution in [0.15, 0.2) is 30.3 Å². The Morgan fingerprint density at radius 3 is 2.48 bits per heavy atom. The van der Waals surface area contributed by atoms with Crippen molar-refractivity contribution in [2.45, 2.75) is 26.2 Å². The van der Waals surface area contributed by atoms with Crippen molar-refractivity contribution in [3.05, 3.63) is 47.3 Å². The van der Waals surface area contributed by atoms with Crippen LogP contribution in [0.1, 0.15) is 29.8 Å². The Morgan fingerprint density at radius 2 is 1.79 bits per heavy atom. The van der Waals surface area contributed by atoms with Crippen LogP contribution < -0.4 is 15.1 Å². The number of likely N-dealkylation sites (N-methyl/N-ethyl adjacent to an activating group) is 1. The lowest BCUT2D eigenvalue weighted by atomic mass is 9.97. The average molecular weight is 448 g/mol. The molecule has 0 saturated carbocycles. The zero-order valence-electron chi connectivity index (χ0n) is 19.6. The van der Waals surface area contributed by atoms with Gasteiger partial charge in [0.2, 0.25) is 5.91 Å². The lowest BCUT2D eigenvalue weighted by Gasteiger charge is -2.35. The third-order valence-corrected chi connectivity index (χ3v) is 6.55. The quantitative estimate of drug-likeness (QED) is 0.724. The summed E-state index contributed by atoms with van der Waals surface area (Å²) in [6.07, 6.45) is 2.63. The highest BCUT2D eigenvalue weighted by Gasteiger charge is 2.27. The van der Waals surface area contributed by atoms with E-state index in [0.29, 0.717) is 18.7 Å². The van der Waals surface area contributed by atoms with Gasteiger partial charge in [-0.3, -0.25) is 4.79 Å². The molecule has 1 aromatic carbocycles. The van der Waals surface area contributed by atoms with Crippen molar-refractivity contribution in [1.29, 1.82) is 5.26 Å². The molecular formula is C25H33N7O. The highest BCUT2D eigenvalue weighted by molar-refractivity contribution is 5.79. The number of nitrogens with one attached hydrogen (secondary N) is 1. The topological polar surface area (TPSA) is 88.4 Å². The second kappa shape index (κ2) is 10.6. The summed E-state index contributed by atoms with van der Waals surface area (Å²) in [5.74, 6) is 2.75. The Morgan fingerprint density at radius 1 is 1.09 bits per heavy atom. The van der Waals surface area contributed by atoms with Gasteiger partial charge in [0.15, 0.2) is 0 Å². The van der Waals surface area contributed by atoms with E-state index in [9.17, 15) is 4.79 Å². The molecule has 3 heterocycles. The SMILES string of the molecule is Cc1nc(N2CCN(C)CC2)cc(N2CCCC(C(=O)NCCc3ccc(C#N)cc3)C2)n1. The number of aromatic nitrogens is 2. The molecule has 2 saturated heterocycles. The zero-order valence-corrected chi connectivity index (χ0v) is 19.6. The molecule has 0 aliphatic carbocycles. The smallest absolute Gasteiger partial charge is 0.224 e. The normalized spacial score (nSPS) is 19.2. The molecule has 33 heavy (non-hydrogen) atoms. The van der Waals surface area contributed by atoms with E-state index in [2.05, 4.69) is 44.2 Å². The number of benzene rings is 1. The summed E-state index contributed by atoms with van der Waals surface area (Å²) < 4.78 is 0. The molecule has 8 heteroatoms. The fraction of sp³-hybridized carbons (Fsp3) is 0.520. The number of carbonyl (C=O) groups is 1. The van der Waals surface area contributed by atoms with Gasteiger partial charge in [-0.25, -0.2) is 9.97 Å². The summed E-state index contributed by atoms with van der Waals surface area (Å²) in [4.78, 5) is 29.1.